The highest BCUT2D eigenvalue weighted by molar-refractivity contribution is 6.92. The smallest absolute Gasteiger partial charge is 0.122 e. The molecule has 1 unspecified atom stereocenters. The first kappa shape index (κ1) is 29.7. The van der Waals surface area contributed by atoms with Crippen molar-refractivity contribution in [1.29, 1.82) is 0 Å². The fourth-order valence-corrected chi connectivity index (χ4v) is 10.5. The average molecular weight is 566 g/mol. The van der Waals surface area contributed by atoms with Gasteiger partial charge in [-0.25, -0.2) is 0 Å². The van der Waals surface area contributed by atoms with Crippen molar-refractivity contribution in [2.75, 3.05) is 19.7 Å². The molecule has 2 aliphatic carbocycles. The van der Waals surface area contributed by atoms with Crippen LogP contribution in [0.2, 0.25) is 13.1 Å². The number of rotatable bonds is 14. The van der Waals surface area contributed by atoms with Crippen LogP contribution in [0.15, 0.2) is 78.4 Å². The molecule has 5 rings (SSSR count). The van der Waals surface area contributed by atoms with Crippen molar-refractivity contribution in [1.82, 2.24) is 4.90 Å². The molecule has 0 bridgehead atoms. The van der Waals surface area contributed by atoms with Crippen molar-refractivity contribution >= 4 is 19.0 Å². The zero-order valence-electron chi connectivity index (χ0n) is 26.1. The van der Waals surface area contributed by atoms with E-state index in [0.717, 1.165) is 25.9 Å². The topological polar surface area (TPSA) is 12.5 Å². The van der Waals surface area contributed by atoms with E-state index in [2.05, 4.69) is 93.0 Å². The Balaban J connectivity index is 1.56. The van der Waals surface area contributed by atoms with Crippen molar-refractivity contribution < 1.29 is 4.74 Å². The summed E-state index contributed by atoms with van der Waals surface area (Å²) in [7, 11) is -2.07. The summed E-state index contributed by atoms with van der Waals surface area (Å²) >= 11 is 0. The predicted octanol–water partition coefficient (Wildman–Crippen LogP) is 9.27. The molecule has 3 aliphatic rings. The Hall–Kier alpha value is -2.78. The zero-order valence-corrected chi connectivity index (χ0v) is 27.1. The second-order valence-electron chi connectivity index (χ2n) is 12.9. The Kier molecular flexibility index (Phi) is 9.75. The van der Waals surface area contributed by atoms with Gasteiger partial charge in [-0.05, 0) is 71.5 Å². The monoisotopic (exact) mass is 565 g/mol. The lowest BCUT2D eigenvalue weighted by atomic mass is 10.00. The second-order valence-corrected chi connectivity index (χ2v) is 17.5. The van der Waals surface area contributed by atoms with Gasteiger partial charge in [-0.2, -0.15) is 0 Å². The zero-order chi connectivity index (χ0) is 28.8. The summed E-state index contributed by atoms with van der Waals surface area (Å²) in [4.78, 5) is 2.65. The van der Waals surface area contributed by atoms with Gasteiger partial charge < -0.3 is 9.64 Å². The van der Waals surface area contributed by atoms with Gasteiger partial charge in [-0.15, -0.1) is 0 Å². The molecule has 1 aliphatic heterocycles. The van der Waals surface area contributed by atoms with Crippen molar-refractivity contribution in [2.24, 2.45) is 0 Å². The molecule has 0 saturated heterocycles. The number of nitrogens with zero attached hydrogens (tertiary/aromatic N) is 1. The third-order valence-electron chi connectivity index (χ3n) is 9.53. The van der Waals surface area contributed by atoms with E-state index in [1.165, 1.54) is 90.3 Å². The van der Waals surface area contributed by atoms with Gasteiger partial charge in [0.1, 0.15) is 12.4 Å². The lowest BCUT2D eigenvalue weighted by Crippen LogP contribution is -2.48. The summed E-state index contributed by atoms with van der Waals surface area (Å²) in [5.41, 5.74) is 10.9. The molecule has 2 aromatic rings. The number of ether oxygens (including phenoxy) is 1. The molecule has 0 fully saturated rings. The quantitative estimate of drug-likeness (QED) is 0.129. The van der Waals surface area contributed by atoms with Crippen molar-refractivity contribution in [3.05, 3.63) is 101 Å². The van der Waals surface area contributed by atoms with Gasteiger partial charge in [0.05, 0.1) is 8.07 Å². The SMILES string of the molecule is C=CCOc1c(CCCCC)cc(CCCCC)cc1[Si](C)(C)C1C=C(N2CC3=C(CCC=C3)C2)c2ccccc21. The summed E-state index contributed by atoms with van der Waals surface area (Å²) in [5.74, 6) is 1.17. The summed E-state index contributed by atoms with van der Waals surface area (Å²) in [6.07, 6.45) is 21.5. The molecule has 0 radical (unpaired) electrons. The van der Waals surface area contributed by atoms with Crippen LogP contribution >= 0.6 is 0 Å². The molecular weight excluding hydrogens is 515 g/mol. The molecule has 3 heteroatoms. The molecule has 0 N–H and O–H groups in total. The minimum absolute atomic E-state index is 0.419. The van der Waals surface area contributed by atoms with Gasteiger partial charge >= 0.3 is 0 Å². The van der Waals surface area contributed by atoms with Crippen molar-refractivity contribution in [2.45, 2.75) is 96.7 Å². The molecule has 1 heterocycles. The highest BCUT2D eigenvalue weighted by Gasteiger charge is 2.42. The Bertz CT molecular complexity index is 1330. The molecule has 0 saturated carbocycles. The van der Waals surface area contributed by atoms with Gasteiger partial charge in [-0.3, -0.25) is 0 Å². The Morgan fingerprint density at radius 3 is 2.54 bits per heavy atom. The number of aryl methyl sites for hydroxylation is 2. The Morgan fingerprint density at radius 2 is 1.78 bits per heavy atom. The van der Waals surface area contributed by atoms with Crippen molar-refractivity contribution in [3.8, 4) is 5.75 Å². The molecule has 41 heavy (non-hydrogen) atoms. The predicted molar refractivity (Wildman–Crippen MR) is 180 cm³/mol. The summed E-state index contributed by atoms with van der Waals surface area (Å²) in [6, 6.07) is 14.3. The second kappa shape index (κ2) is 13.5. The number of benzene rings is 2. The Morgan fingerprint density at radius 1 is 1.00 bits per heavy atom. The first-order valence-electron chi connectivity index (χ1n) is 16.3. The average Bonchev–Trinajstić information content (AvgIpc) is 3.59. The first-order chi connectivity index (χ1) is 20.0. The highest BCUT2D eigenvalue weighted by atomic mass is 28.3. The molecule has 218 valence electrons. The van der Waals surface area contributed by atoms with Crippen LogP contribution in [0.1, 0.15) is 93.0 Å². The molecule has 0 amide bonds. The number of unbranched alkanes of at least 4 members (excludes halogenated alkanes) is 4. The fraction of sp³-hybridized carbons (Fsp3) is 0.474. The summed E-state index contributed by atoms with van der Waals surface area (Å²) < 4.78 is 6.62. The number of hydrogen-bond donors (Lipinski definition) is 0. The van der Waals surface area contributed by atoms with Crippen LogP contribution in [0.4, 0.5) is 0 Å². The third kappa shape index (κ3) is 6.36. The van der Waals surface area contributed by atoms with E-state index >= 15 is 0 Å². The summed E-state index contributed by atoms with van der Waals surface area (Å²) in [6.45, 7) is 16.5. The van der Waals surface area contributed by atoms with E-state index < -0.39 is 8.07 Å². The Labute approximate surface area is 250 Å². The van der Waals surface area contributed by atoms with Crippen molar-refractivity contribution in [3.63, 3.8) is 0 Å². The van der Waals surface area contributed by atoms with E-state index in [1.807, 2.05) is 6.08 Å². The third-order valence-corrected chi connectivity index (χ3v) is 13.3. The lowest BCUT2D eigenvalue weighted by Gasteiger charge is -2.33. The maximum atomic E-state index is 6.62. The van der Waals surface area contributed by atoms with Crippen LogP contribution in [0.25, 0.3) is 5.70 Å². The van der Waals surface area contributed by atoms with E-state index in [4.69, 9.17) is 4.74 Å². The van der Waals surface area contributed by atoms with Crippen LogP contribution in [0, 0.1) is 0 Å². The van der Waals surface area contributed by atoms with Crippen LogP contribution in [-0.4, -0.2) is 32.7 Å². The van der Waals surface area contributed by atoms with Crippen LogP contribution in [-0.2, 0) is 12.8 Å². The minimum atomic E-state index is -2.07. The standard InChI is InChI=1S/C38H51NOSi/c1-6-9-11-17-29-24-30(18-12-10-7-2)38(40-23-8-3)37(25-29)41(4,5)36-26-35(33-21-15-16-22-34(33)36)39-27-31-19-13-14-20-32(31)28-39/h8,13,15-16,19,21-22,24-26,36H,3,6-7,9-12,14,17-18,20,23,27-28H2,1-2,4-5H3. The number of fused-ring (bicyclic) bond motifs is 1. The minimum Gasteiger partial charge on any atom is -0.489 e. The molecule has 1 atom stereocenters. The van der Waals surface area contributed by atoms with E-state index in [-0.39, 0.29) is 0 Å². The lowest BCUT2D eigenvalue weighted by molar-refractivity contribution is 0.361. The van der Waals surface area contributed by atoms with E-state index in [9.17, 15) is 0 Å². The normalized spacial score (nSPS) is 18.0. The molecule has 0 spiro atoms. The van der Waals surface area contributed by atoms with Crippen LogP contribution < -0.4 is 9.92 Å². The molecule has 2 nitrogen and oxygen atoms in total. The molecule has 0 aromatic heterocycles. The maximum absolute atomic E-state index is 6.62. The number of allylic oxidation sites excluding steroid dienone is 2. The summed E-state index contributed by atoms with van der Waals surface area (Å²) in [5, 5.41) is 1.50. The van der Waals surface area contributed by atoms with Gasteiger partial charge in [-0.1, -0.05) is 120 Å². The van der Waals surface area contributed by atoms with Crippen LogP contribution in [0.3, 0.4) is 0 Å². The molecule has 2 aromatic carbocycles. The van der Waals surface area contributed by atoms with E-state index in [0.29, 0.717) is 12.1 Å². The highest BCUT2D eigenvalue weighted by Crippen LogP contribution is 2.45. The maximum Gasteiger partial charge on any atom is 0.122 e. The van der Waals surface area contributed by atoms with Gasteiger partial charge in [0.25, 0.3) is 0 Å². The molecular formula is C38H51NOSi. The van der Waals surface area contributed by atoms with Crippen LogP contribution in [0.5, 0.6) is 5.75 Å². The number of hydrogen-bond acceptors (Lipinski definition) is 2. The largest absolute Gasteiger partial charge is 0.489 e. The fourth-order valence-electron chi connectivity index (χ4n) is 7.17. The van der Waals surface area contributed by atoms with E-state index in [1.54, 1.807) is 11.1 Å². The van der Waals surface area contributed by atoms with Gasteiger partial charge in [0.2, 0.25) is 0 Å². The first-order valence-corrected chi connectivity index (χ1v) is 19.4. The van der Waals surface area contributed by atoms with Gasteiger partial charge in [0.15, 0.2) is 0 Å². The van der Waals surface area contributed by atoms with Gasteiger partial charge in [0, 0.05) is 29.9 Å².